The van der Waals surface area contributed by atoms with E-state index < -0.39 is 17.9 Å². The number of hydrogen-bond donors (Lipinski definition) is 1. The number of carbonyl (C=O) groups is 4. The largest absolute Gasteiger partial charge is 0.497 e. The van der Waals surface area contributed by atoms with Crippen LogP contribution in [0.15, 0.2) is 66.0 Å². The van der Waals surface area contributed by atoms with Gasteiger partial charge in [-0.2, -0.15) is 0 Å². The van der Waals surface area contributed by atoms with Crippen molar-refractivity contribution in [3.63, 3.8) is 0 Å². The molecule has 0 saturated carbocycles. The Bertz CT molecular complexity index is 1220. The second kappa shape index (κ2) is 9.88. The van der Waals surface area contributed by atoms with Crippen molar-refractivity contribution in [2.75, 3.05) is 17.3 Å². The van der Waals surface area contributed by atoms with E-state index in [0.29, 0.717) is 22.7 Å². The van der Waals surface area contributed by atoms with Crippen molar-refractivity contribution in [3.8, 4) is 5.75 Å². The lowest BCUT2D eigenvalue weighted by Crippen LogP contribution is -2.45. The van der Waals surface area contributed by atoms with Crippen LogP contribution in [0.5, 0.6) is 5.75 Å². The van der Waals surface area contributed by atoms with Gasteiger partial charge in [0.15, 0.2) is 0 Å². The van der Waals surface area contributed by atoms with E-state index >= 15 is 0 Å². The van der Waals surface area contributed by atoms with Gasteiger partial charge >= 0.3 is 0 Å². The molecule has 1 aliphatic heterocycles. The summed E-state index contributed by atoms with van der Waals surface area (Å²) in [5.41, 5.74) is 1.31. The van der Waals surface area contributed by atoms with E-state index in [4.69, 9.17) is 4.74 Å². The quantitative estimate of drug-likeness (QED) is 0.524. The zero-order valence-electron chi connectivity index (χ0n) is 18.7. The maximum atomic E-state index is 13.5. The molecule has 4 amide bonds. The Balaban J connectivity index is 1.63. The lowest BCUT2D eigenvalue weighted by Gasteiger charge is -2.27. The third kappa shape index (κ3) is 4.84. The number of hydrogen-bond acceptors (Lipinski definition) is 6. The first-order chi connectivity index (χ1) is 16.4. The van der Waals surface area contributed by atoms with E-state index in [1.54, 1.807) is 48.5 Å². The van der Waals surface area contributed by atoms with E-state index in [2.05, 4.69) is 5.32 Å². The van der Waals surface area contributed by atoms with Crippen molar-refractivity contribution in [1.29, 1.82) is 0 Å². The molecule has 1 aliphatic rings. The maximum Gasteiger partial charge on any atom is 0.257 e. The van der Waals surface area contributed by atoms with Crippen LogP contribution in [0, 0.1) is 0 Å². The summed E-state index contributed by atoms with van der Waals surface area (Å²) in [5, 5.41) is 4.55. The minimum Gasteiger partial charge on any atom is -0.497 e. The van der Waals surface area contributed by atoms with Crippen LogP contribution in [0.4, 0.5) is 11.4 Å². The molecule has 9 heteroatoms. The van der Waals surface area contributed by atoms with Gasteiger partial charge < -0.3 is 15.0 Å². The molecule has 1 aromatic heterocycles. The molecule has 0 radical (unpaired) electrons. The number of rotatable bonds is 7. The summed E-state index contributed by atoms with van der Waals surface area (Å²) >= 11 is 1.47. The van der Waals surface area contributed by atoms with E-state index in [1.165, 1.54) is 30.3 Å². The predicted octanol–water partition coefficient (Wildman–Crippen LogP) is 3.69. The minimum absolute atomic E-state index is 0.118. The fourth-order valence-corrected chi connectivity index (χ4v) is 4.55. The highest BCUT2D eigenvalue weighted by atomic mass is 32.1. The smallest absolute Gasteiger partial charge is 0.257 e. The summed E-state index contributed by atoms with van der Waals surface area (Å²) < 4.78 is 5.24. The van der Waals surface area contributed by atoms with Crippen molar-refractivity contribution in [2.45, 2.75) is 25.9 Å². The van der Waals surface area contributed by atoms with E-state index in [0.717, 1.165) is 9.78 Å². The molecule has 1 saturated heterocycles. The van der Waals surface area contributed by atoms with E-state index in [1.807, 2.05) is 17.5 Å². The van der Waals surface area contributed by atoms with Gasteiger partial charge in [0.25, 0.3) is 11.8 Å². The maximum absolute atomic E-state index is 13.5. The third-order valence-electron chi connectivity index (χ3n) is 5.43. The Labute approximate surface area is 200 Å². The van der Waals surface area contributed by atoms with E-state index in [-0.39, 0.29) is 24.8 Å². The van der Waals surface area contributed by atoms with Crippen molar-refractivity contribution < 1.29 is 23.9 Å². The first-order valence-electron chi connectivity index (χ1n) is 10.6. The molecule has 0 spiro atoms. The standard InChI is InChI=1S/C25H23N3O5S/c1-16(29)26-18-8-10-19(11-9-18)28-23(30)14-22(25(28)32)27(15-21-7-4-12-34-21)24(31)17-5-3-6-20(13-17)33-2/h3-13,22H,14-15H2,1-2H3,(H,26,29). The number of thiophene rings is 1. The van der Waals surface area contributed by atoms with Crippen molar-refractivity contribution in [1.82, 2.24) is 4.90 Å². The molecule has 2 aromatic carbocycles. The molecular weight excluding hydrogens is 454 g/mol. The zero-order valence-corrected chi connectivity index (χ0v) is 19.5. The number of ether oxygens (including phenoxy) is 1. The fraction of sp³-hybridized carbons (Fsp3) is 0.200. The van der Waals surface area contributed by atoms with Crippen LogP contribution >= 0.6 is 11.3 Å². The predicted molar refractivity (Wildman–Crippen MR) is 129 cm³/mol. The summed E-state index contributed by atoms with van der Waals surface area (Å²) in [6.45, 7) is 1.60. The average Bonchev–Trinajstić information content (AvgIpc) is 3.44. The Morgan fingerprint density at radius 2 is 1.88 bits per heavy atom. The van der Waals surface area contributed by atoms with Crippen molar-refractivity contribution >= 4 is 46.3 Å². The molecule has 4 rings (SSSR count). The third-order valence-corrected chi connectivity index (χ3v) is 6.29. The van der Waals surface area contributed by atoms with Crippen LogP contribution in [0.2, 0.25) is 0 Å². The first kappa shape index (κ1) is 23.2. The fourth-order valence-electron chi connectivity index (χ4n) is 3.84. The van der Waals surface area contributed by atoms with Gasteiger partial charge in [0.2, 0.25) is 11.8 Å². The Morgan fingerprint density at radius 3 is 2.53 bits per heavy atom. The van der Waals surface area contributed by atoms with Gasteiger partial charge in [-0.15, -0.1) is 11.3 Å². The van der Waals surface area contributed by atoms with Crippen LogP contribution in [-0.2, 0) is 20.9 Å². The van der Waals surface area contributed by atoms with Gasteiger partial charge in [-0.05, 0) is 53.9 Å². The minimum atomic E-state index is -0.941. The van der Waals surface area contributed by atoms with Gasteiger partial charge in [-0.25, -0.2) is 4.90 Å². The Kier molecular flexibility index (Phi) is 6.74. The van der Waals surface area contributed by atoms with E-state index in [9.17, 15) is 19.2 Å². The first-order valence-corrected chi connectivity index (χ1v) is 11.5. The zero-order chi connectivity index (χ0) is 24.2. The molecule has 174 valence electrons. The number of anilines is 2. The van der Waals surface area contributed by atoms with Crippen molar-refractivity contribution in [2.24, 2.45) is 0 Å². The lowest BCUT2D eigenvalue weighted by molar-refractivity contribution is -0.122. The number of imide groups is 1. The molecule has 8 nitrogen and oxygen atoms in total. The van der Waals surface area contributed by atoms with Crippen LogP contribution < -0.4 is 15.0 Å². The van der Waals surface area contributed by atoms with Gasteiger partial charge in [0.1, 0.15) is 11.8 Å². The summed E-state index contributed by atoms with van der Waals surface area (Å²) in [4.78, 5) is 54.6. The lowest BCUT2D eigenvalue weighted by atomic mass is 10.1. The molecule has 1 fully saturated rings. The molecule has 1 atom stereocenters. The summed E-state index contributed by atoms with van der Waals surface area (Å²) in [5.74, 6) is -0.915. The number of methoxy groups -OCH3 is 1. The highest BCUT2D eigenvalue weighted by Gasteiger charge is 2.44. The number of nitrogens with one attached hydrogen (secondary N) is 1. The Hall–Kier alpha value is -3.98. The summed E-state index contributed by atoms with van der Waals surface area (Å²) in [6.07, 6.45) is -0.118. The normalized spacial score (nSPS) is 15.4. The van der Waals surface area contributed by atoms with Crippen LogP contribution in [0.25, 0.3) is 0 Å². The molecule has 1 N–H and O–H groups in total. The Morgan fingerprint density at radius 1 is 1.12 bits per heavy atom. The second-order valence-electron chi connectivity index (χ2n) is 7.76. The number of benzene rings is 2. The SMILES string of the molecule is COc1cccc(C(=O)N(Cc2cccs2)C2CC(=O)N(c3ccc(NC(C)=O)cc3)C2=O)c1. The average molecular weight is 478 g/mol. The van der Waals surface area contributed by atoms with Gasteiger partial charge in [-0.3, -0.25) is 19.2 Å². The van der Waals surface area contributed by atoms with Gasteiger partial charge in [0.05, 0.1) is 25.8 Å². The molecule has 1 unspecified atom stereocenters. The molecule has 34 heavy (non-hydrogen) atoms. The highest BCUT2D eigenvalue weighted by Crippen LogP contribution is 2.29. The van der Waals surface area contributed by atoms with Crippen molar-refractivity contribution in [3.05, 3.63) is 76.5 Å². The molecular formula is C25H23N3O5S. The molecule has 0 aliphatic carbocycles. The van der Waals surface area contributed by atoms with Gasteiger partial charge in [-0.1, -0.05) is 12.1 Å². The highest BCUT2D eigenvalue weighted by molar-refractivity contribution is 7.09. The van der Waals surface area contributed by atoms with Crippen LogP contribution in [0.3, 0.4) is 0 Å². The summed E-state index contributed by atoms with van der Waals surface area (Å²) in [7, 11) is 1.52. The molecule has 3 aromatic rings. The monoisotopic (exact) mass is 477 g/mol. The molecule has 0 bridgehead atoms. The summed E-state index contributed by atoms with van der Waals surface area (Å²) in [6, 6.07) is 16.0. The molecule has 2 heterocycles. The van der Waals surface area contributed by atoms with Crippen LogP contribution in [0.1, 0.15) is 28.6 Å². The number of carbonyl (C=O) groups excluding carboxylic acids is 4. The van der Waals surface area contributed by atoms with Gasteiger partial charge in [0, 0.05) is 23.1 Å². The number of amides is 4. The second-order valence-corrected chi connectivity index (χ2v) is 8.79. The van der Waals surface area contributed by atoms with Crippen LogP contribution in [-0.4, -0.2) is 41.7 Å². The number of nitrogens with zero attached hydrogens (tertiary/aromatic N) is 2. The topological polar surface area (TPSA) is 96.0 Å².